The second-order valence-corrected chi connectivity index (χ2v) is 6.81. The summed E-state index contributed by atoms with van der Waals surface area (Å²) in [4.78, 5) is 18.8. The first-order valence-corrected chi connectivity index (χ1v) is 9.58. The topological polar surface area (TPSA) is 41.9 Å². The van der Waals surface area contributed by atoms with Gasteiger partial charge in [-0.2, -0.15) is 4.99 Å². The zero-order chi connectivity index (χ0) is 20.2. The van der Waals surface area contributed by atoms with Gasteiger partial charge in [-0.15, -0.1) is 0 Å². The number of aliphatic imine (C=N–C) groups is 1. The minimum absolute atomic E-state index is 0.192. The Kier molecular flexibility index (Phi) is 5.38. The van der Waals surface area contributed by atoms with Crippen molar-refractivity contribution in [1.82, 2.24) is 4.90 Å². The third kappa shape index (κ3) is 4.04. The lowest BCUT2D eigenvalue weighted by Gasteiger charge is -2.24. The van der Waals surface area contributed by atoms with Gasteiger partial charge >= 0.3 is 0 Å². The quantitative estimate of drug-likeness (QED) is 0.456. The predicted octanol–water partition coefficient (Wildman–Crippen LogP) is 5.04. The molecule has 0 N–H and O–H groups in total. The summed E-state index contributed by atoms with van der Waals surface area (Å²) in [6.45, 7) is 3.33. The van der Waals surface area contributed by atoms with Crippen molar-refractivity contribution in [3.8, 4) is 11.1 Å². The smallest absolute Gasteiger partial charge is 0.296 e. The van der Waals surface area contributed by atoms with E-state index in [1.54, 1.807) is 6.07 Å². The molecule has 3 aromatic carbocycles. The molecule has 0 saturated heterocycles. The van der Waals surface area contributed by atoms with E-state index in [4.69, 9.17) is 4.74 Å². The maximum Gasteiger partial charge on any atom is 0.296 e. The van der Waals surface area contributed by atoms with Gasteiger partial charge in [-0.1, -0.05) is 54.6 Å². The number of rotatable bonds is 2. The van der Waals surface area contributed by atoms with Crippen LogP contribution in [0.1, 0.15) is 28.4 Å². The van der Waals surface area contributed by atoms with E-state index in [0.29, 0.717) is 19.7 Å². The summed E-state index contributed by atoms with van der Waals surface area (Å²) in [6, 6.07) is 22.2. The van der Waals surface area contributed by atoms with Gasteiger partial charge in [0.25, 0.3) is 11.9 Å². The molecule has 29 heavy (non-hydrogen) atoms. The summed E-state index contributed by atoms with van der Waals surface area (Å²) >= 11 is 0. The Morgan fingerprint density at radius 3 is 2.17 bits per heavy atom. The van der Waals surface area contributed by atoms with Gasteiger partial charge in [0.2, 0.25) is 0 Å². The number of benzene rings is 3. The Hall–Kier alpha value is -3.47. The zero-order valence-corrected chi connectivity index (χ0v) is 16.1. The number of hydrogen-bond acceptors (Lipinski definition) is 2. The Bertz CT molecular complexity index is 1030. The first-order valence-electron chi connectivity index (χ1n) is 9.58. The number of amides is 1. The van der Waals surface area contributed by atoms with Crippen LogP contribution in [0.2, 0.25) is 0 Å². The summed E-state index contributed by atoms with van der Waals surface area (Å²) in [5.41, 5.74) is 4.78. The van der Waals surface area contributed by atoms with Crippen molar-refractivity contribution in [1.29, 1.82) is 0 Å². The second-order valence-electron chi connectivity index (χ2n) is 6.81. The number of hydrogen-bond donors (Lipinski definition) is 0. The molecule has 4 nitrogen and oxygen atoms in total. The SMILES string of the molecule is CCOC(=NC(=O)c1cccc(F)c1)N1Cc2ccccc2-c2ccccc2C1. The van der Waals surface area contributed by atoms with Crippen molar-refractivity contribution in [2.75, 3.05) is 6.61 Å². The third-order valence-corrected chi connectivity index (χ3v) is 4.86. The largest absolute Gasteiger partial charge is 0.465 e. The van der Waals surface area contributed by atoms with Crippen molar-refractivity contribution in [3.05, 3.63) is 95.3 Å². The van der Waals surface area contributed by atoms with E-state index in [9.17, 15) is 9.18 Å². The van der Waals surface area contributed by atoms with E-state index in [1.165, 1.54) is 18.2 Å². The van der Waals surface area contributed by atoms with Gasteiger partial charge in [-0.25, -0.2) is 4.39 Å². The lowest BCUT2D eigenvalue weighted by molar-refractivity contribution is 0.0992. The first kappa shape index (κ1) is 18.9. The van der Waals surface area contributed by atoms with Crippen molar-refractivity contribution in [2.45, 2.75) is 20.0 Å². The summed E-state index contributed by atoms with van der Waals surface area (Å²) in [5, 5.41) is 0. The van der Waals surface area contributed by atoms with Gasteiger partial charge in [0.05, 0.1) is 6.61 Å². The Morgan fingerprint density at radius 1 is 0.966 bits per heavy atom. The minimum atomic E-state index is -0.529. The van der Waals surface area contributed by atoms with E-state index in [2.05, 4.69) is 29.3 Å². The van der Waals surface area contributed by atoms with Crippen LogP contribution in [-0.2, 0) is 17.8 Å². The highest BCUT2D eigenvalue weighted by atomic mass is 19.1. The fourth-order valence-electron chi connectivity index (χ4n) is 3.54. The van der Waals surface area contributed by atoms with Crippen LogP contribution in [0.4, 0.5) is 4.39 Å². The number of carbonyl (C=O) groups is 1. The van der Waals surface area contributed by atoms with Crippen molar-refractivity contribution >= 4 is 11.9 Å². The van der Waals surface area contributed by atoms with Gasteiger partial charge in [0.15, 0.2) is 0 Å². The normalized spacial score (nSPS) is 13.3. The van der Waals surface area contributed by atoms with Gasteiger partial charge < -0.3 is 9.64 Å². The summed E-state index contributed by atoms with van der Waals surface area (Å²) in [7, 11) is 0. The molecule has 0 unspecified atom stereocenters. The Balaban J connectivity index is 1.74. The molecule has 1 amide bonds. The molecule has 1 aliphatic heterocycles. The fraction of sp³-hybridized carbons (Fsp3) is 0.167. The maximum atomic E-state index is 13.5. The van der Waals surface area contributed by atoms with Crippen LogP contribution < -0.4 is 0 Å². The highest BCUT2D eigenvalue weighted by Gasteiger charge is 2.23. The minimum Gasteiger partial charge on any atom is -0.465 e. The molecule has 4 rings (SSSR count). The molecule has 0 fully saturated rings. The number of nitrogens with zero attached hydrogens (tertiary/aromatic N) is 2. The van der Waals surface area contributed by atoms with Crippen molar-refractivity contribution < 1.29 is 13.9 Å². The second kappa shape index (κ2) is 8.27. The number of halogens is 1. The van der Waals surface area contributed by atoms with Gasteiger partial charge in [0, 0.05) is 18.7 Å². The first-order chi connectivity index (χ1) is 14.2. The molecule has 0 saturated carbocycles. The molecule has 0 radical (unpaired) electrons. The third-order valence-electron chi connectivity index (χ3n) is 4.86. The zero-order valence-electron chi connectivity index (χ0n) is 16.1. The van der Waals surface area contributed by atoms with Crippen LogP contribution in [0.25, 0.3) is 11.1 Å². The number of amidine groups is 1. The van der Waals surface area contributed by atoms with Gasteiger partial charge in [-0.3, -0.25) is 4.79 Å². The Morgan fingerprint density at radius 2 is 1.59 bits per heavy atom. The molecule has 1 aliphatic rings. The lowest BCUT2D eigenvalue weighted by atomic mass is 9.97. The maximum absolute atomic E-state index is 13.5. The van der Waals surface area contributed by atoms with E-state index in [0.717, 1.165) is 22.3 Å². The fourth-order valence-corrected chi connectivity index (χ4v) is 3.54. The van der Waals surface area contributed by atoms with Gasteiger partial charge in [0.1, 0.15) is 5.82 Å². The molecule has 146 valence electrons. The van der Waals surface area contributed by atoms with Crippen LogP contribution in [0.5, 0.6) is 0 Å². The van der Waals surface area contributed by atoms with E-state index >= 15 is 0 Å². The average molecular weight is 388 g/mol. The molecule has 3 aromatic rings. The van der Waals surface area contributed by atoms with Crippen LogP contribution in [0.15, 0.2) is 77.8 Å². The van der Waals surface area contributed by atoms with Crippen molar-refractivity contribution in [2.24, 2.45) is 4.99 Å². The Labute approximate surface area is 169 Å². The van der Waals surface area contributed by atoms with Crippen LogP contribution in [0.3, 0.4) is 0 Å². The molecule has 5 heteroatoms. The number of ether oxygens (including phenoxy) is 1. The van der Waals surface area contributed by atoms with Gasteiger partial charge in [-0.05, 0) is 47.4 Å². The predicted molar refractivity (Wildman–Crippen MR) is 111 cm³/mol. The van der Waals surface area contributed by atoms with Crippen LogP contribution in [-0.4, -0.2) is 23.4 Å². The van der Waals surface area contributed by atoms with Crippen LogP contribution in [0, 0.1) is 5.82 Å². The summed E-state index contributed by atoms with van der Waals surface area (Å²) < 4.78 is 19.3. The molecule has 0 aliphatic carbocycles. The molecular formula is C24H21FN2O2. The molecule has 0 atom stereocenters. The monoisotopic (exact) mass is 388 g/mol. The van der Waals surface area contributed by atoms with E-state index in [-0.39, 0.29) is 11.6 Å². The highest BCUT2D eigenvalue weighted by Crippen LogP contribution is 2.32. The number of fused-ring (bicyclic) bond motifs is 3. The van der Waals surface area contributed by atoms with E-state index < -0.39 is 11.7 Å². The molecule has 0 spiro atoms. The molecule has 0 aromatic heterocycles. The molecular weight excluding hydrogens is 367 g/mol. The number of carbonyl (C=O) groups excluding carboxylic acids is 1. The molecule has 1 heterocycles. The average Bonchev–Trinajstić information content (AvgIpc) is 2.90. The van der Waals surface area contributed by atoms with Crippen LogP contribution >= 0.6 is 0 Å². The molecule has 0 bridgehead atoms. The summed E-state index contributed by atoms with van der Waals surface area (Å²) in [5.74, 6) is -1.000. The lowest BCUT2D eigenvalue weighted by Crippen LogP contribution is -2.32. The standard InChI is InChI=1S/C24H21FN2O2/c1-2-29-24(26-23(28)17-10-7-11-20(25)14-17)27-15-18-8-3-5-12-21(18)22-13-6-4-9-19(22)16-27/h3-14H,2,15-16H2,1H3. The summed E-state index contributed by atoms with van der Waals surface area (Å²) in [6.07, 6.45) is 0. The van der Waals surface area contributed by atoms with Crippen molar-refractivity contribution in [3.63, 3.8) is 0 Å². The van der Waals surface area contributed by atoms with E-state index in [1.807, 2.05) is 36.1 Å². The highest BCUT2D eigenvalue weighted by molar-refractivity contribution is 6.01.